The Labute approximate surface area is 317 Å². The molecule has 4 atom stereocenters. The van der Waals surface area contributed by atoms with Crippen molar-refractivity contribution in [2.75, 3.05) is 45.9 Å². The Morgan fingerprint density at radius 3 is 2.24 bits per heavy atom. The zero-order valence-corrected chi connectivity index (χ0v) is 32.0. The Balaban J connectivity index is 1.09. The van der Waals surface area contributed by atoms with Crippen LogP contribution in [0.25, 0.3) is 0 Å². The van der Waals surface area contributed by atoms with Gasteiger partial charge < -0.3 is 29.9 Å². The smallest absolute Gasteiger partial charge is 0.306 e. The number of nitrogens with one attached hydrogen (secondary N) is 1. The van der Waals surface area contributed by atoms with Gasteiger partial charge in [-0.3, -0.25) is 28.7 Å². The maximum Gasteiger partial charge on any atom is 0.306 e. The van der Waals surface area contributed by atoms with Gasteiger partial charge in [0.15, 0.2) is 0 Å². The minimum atomic E-state index is -0.981. The number of carboxylic acids is 1. The number of carbonyl (C=O) groups is 5. The maximum atomic E-state index is 14.6. The fraction of sp³-hybridized carbons (Fsp3) is 0.659. The fourth-order valence-corrected chi connectivity index (χ4v) is 9.21. The van der Waals surface area contributed by atoms with Crippen molar-refractivity contribution >= 4 is 29.6 Å². The molecule has 13 heteroatoms. The predicted octanol–water partition coefficient (Wildman–Crippen LogP) is 3.67. The Morgan fingerprint density at radius 1 is 0.926 bits per heavy atom. The van der Waals surface area contributed by atoms with Crippen molar-refractivity contribution in [3.63, 3.8) is 0 Å². The molecule has 7 rings (SSSR count). The number of aliphatic carboxylic acids is 1. The lowest BCUT2D eigenvalue weighted by Gasteiger charge is -2.50. The van der Waals surface area contributed by atoms with Crippen molar-refractivity contribution in [3.8, 4) is 0 Å². The van der Waals surface area contributed by atoms with Crippen LogP contribution in [0, 0.1) is 34.5 Å². The van der Waals surface area contributed by atoms with Crippen LogP contribution in [0.3, 0.4) is 0 Å². The number of aromatic nitrogens is 2. The highest BCUT2D eigenvalue weighted by Gasteiger charge is 2.62. The quantitative estimate of drug-likeness (QED) is 0.334. The molecule has 1 aromatic carbocycles. The van der Waals surface area contributed by atoms with Crippen LogP contribution < -0.4 is 5.32 Å². The molecule has 0 unspecified atom stereocenters. The lowest BCUT2D eigenvalue weighted by Crippen LogP contribution is -2.65. The number of likely N-dealkylation sites (tertiary alicyclic amines) is 3. The molecule has 0 bridgehead atoms. The van der Waals surface area contributed by atoms with Gasteiger partial charge >= 0.3 is 5.97 Å². The van der Waals surface area contributed by atoms with E-state index in [4.69, 9.17) is 4.74 Å². The minimum Gasteiger partial charge on any atom is -0.481 e. The summed E-state index contributed by atoms with van der Waals surface area (Å²) < 4.78 is 8.08. The Morgan fingerprint density at radius 2 is 1.59 bits per heavy atom. The molecular formula is C41H56N6O7. The number of carbonyl (C=O) groups excluding carboxylic acids is 4. The van der Waals surface area contributed by atoms with Crippen LogP contribution in [0.15, 0.2) is 42.7 Å². The predicted molar refractivity (Wildman–Crippen MR) is 199 cm³/mol. The van der Waals surface area contributed by atoms with Crippen molar-refractivity contribution in [1.29, 1.82) is 0 Å². The van der Waals surface area contributed by atoms with E-state index in [1.807, 2.05) is 42.2 Å². The first-order valence-electron chi connectivity index (χ1n) is 19.9. The lowest BCUT2D eigenvalue weighted by atomic mass is 9.70. The summed E-state index contributed by atoms with van der Waals surface area (Å²) in [6, 6.07) is 8.89. The van der Waals surface area contributed by atoms with E-state index < -0.39 is 35.4 Å². The fourth-order valence-electron chi connectivity index (χ4n) is 9.21. The SMILES string of the molecule is C[C@@H](OCC1CCCCC1)[C@H](NC(=O)[C@@H]1CN(C(=O)c2cnn(Cc3ccccc3)c2)CC12CN(C(=O)[C@H]1CC1(C)C)C2)C(=O)N1CCC(C(=O)O)CC1. The maximum absolute atomic E-state index is 14.6. The molecule has 0 radical (unpaired) electrons. The van der Waals surface area contributed by atoms with Crippen molar-refractivity contribution in [3.05, 3.63) is 53.9 Å². The van der Waals surface area contributed by atoms with E-state index in [2.05, 4.69) is 24.3 Å². The molecule has 4 amide bonds. The van der Waals surface area contributed by atoms with Crippen LogP contribution in [0.2, 0.25) is 0 Å². The molecule has 2 saturated carbocycles. The molecule has 1 spiro atoms. The summed E-state index contributed by atoms with van der Waals surface area (Å²) in [6.07, 6.45) is 9.90. The number of nitrogens with zero attached hydrogens (tertiary/aromatic N) is 5. The summed E-state index contributed by atoms with van der Waals surface area (Å²) in [5.74, 6) is -2.39. The van der Waals surface area contributed by atoms with E-state index in [-0.39, 0.29) is 41.5 Å². The molecule has 2 aliphatic carbocycles. The summed E-state index contributed by atoms with van der Waals surface area (Å²) in [7, 11) is 0. The number of hydrogen-bond acceptors (Lipinski definition) is 7. The van der Waals surface area contributed by atoms with Gasteiger partial charge in [0.25, 0.3) is 5.91 Å². The second kappa shape index (κ2) is 15.5. The van der Waals surface area contributed by atoms with E-state index in [1.54, 1.807) is 26.9 Å². The van der Waals surface area contributed by atoms with E-state index in [0.29, 0.717) is 70.2 Å². The molecule has 54 heavy (non-hydrogen) atoms. The largest absolute Gasteiger partial charge is 0.481 e. The van der Waals surface area contributed by atoms with Crippen LogP contribution in [0.5, 0.6) is 0 Å². The second-order valence-corrected chi connectivity index (χ2v) is 17.4. The normalized spacial score (nSPS) is 24.8. The first kappa shape index (κ1) is 38.0. The van der Waals surface area contributed by atoms with Crippen LogP contribution >= 0.6 is 0 Å². The van der Waals surface area contributed by atoms with Gasteiger partial charge in [0.2, 0.25) is 17.7 Å². The molecule has 3 aliphatic heterocycles. The number of hydrogen-bond donors (Lipinski definition) is 2. The van der Waals surface area contributed by atoms with Crippen LogP contribution in [0.1, 0.15) is 88.1 Å². The average Bonchev–Trinajstić information content (AvgIpc) is 3.45. The number of carboxylic acid groups (broad SMARTS) is 1. The molecule has 1 aromatic heterocycles. The molecule has 2 aromatic rings. The molecule has 3 saturated heterocycles. The van der Waals surface area contributed by atoms with Gasteiger partial charge in [0.05, 0.1) is 36.2 Å². The molecule has 5 fully saturated rings. The summed E-state index contributed by atoms with van der Waals surface area (Å²) in [6.45, 7) is 8.79. The number of benzene rings is 1. The minimum absolute atomic E-state index is 0.0333. The third kappa shape index (κ3) is 8.06. The summed E-state index contributed by atoms with van der Waals surface area (Å²) in [5.41, 5.74) is 0.793. The molecular weight excluding hydrogens is 688 g/mol. The van der Waals surface area contributed by atoms with Gasteiger partial charge in [-0.1, -0.05) is 63.4 Å². The van der Waals surface area contributed by atoms with Crippen molar-refractivity contribution in [2.24, 2.45) is 34.5 Å². The monoisotopic (exact) mass is 744 g/mol. The standard InChI is InChI=1S/C41H56N6O7/c1-27(54-23-29-12-8-5-9-13-29)34(38(51)44-16-14-30(15-17-44)39(52)53)43-35(48)33-22-45(24-41(33)25-46(26-41)37(50)32-18-40(32,2)3)36(49)31-19-42-47(21-31)20-28-10-6-4-7-11-28/h4,6-7,10-11,19,21,27,29-30,32-34H,5,8-9,12-18,20,22-26H2,1-3H3,(H,43,48)(H,52,53)/t27-,32-,33+,34+/m1/s1. The summed E-state index contributed by atoms with van der Waals surface area (Å²) in [5, 5.41) is 17.1. The van der Waals surface area contributed by atoms with Crippen molar-refractivity contribution in [2.45, 2.75) is 90.8 Å². The van der Waals surface area contributed by atoms with Gasteiger partial charge in [-0.15, -0.1) is 0 Å². The highest BCUT2D eigenvalue weighted by molar-refractivity contribution is 5.96. The third-order valence-corrected chi connectivity index (χ3v) is 13.0. The molecule has 2 N–H and O–H groups in total. The van der Waals surface area contributed by atoms with Gasteiger partial charge in [-0.05, 0) is 55.9 Å². The first-order chi connectivity index (χ1) is 25.8. The molecule has 4 heterocycles. The van der Waals surface area contributed by atoms with Gasteiger partial charge in [-0.25, -0.2) is 0 Å². The van der Waals surface area contributed by atoms with Crippen molar-refractivity contribution < 1.29 is 33.8 Å². The van der Waals surface area contributed by atoms with Gasteiger partial charge in [0.1, 0.15) is 6.04 Å². The number of rotatable bonds is 12. The van der Waals surface area contributed by atoms with E-state index in [0.717, 1.165) is 37.7 Å². The highest BCUT2D eigenvalue weighted by Crippen LogP contribution is 2.54. The topological polar surface area (TPSA) is 154 Å². The average molecular weight is 745 g/mol. The zero-order chi connectivity index (χ0) is 38.2. The Bertz CT molecular complexity index is 1710. The van der Waals surface area contributed by atoms with Crippen LogP contribution in [-0.2, 0) is 30.5 Å². The van der Waals surface area contributed by atoms with Crippen LogP contribution in [0.4, 0.5) is 0 Å². The number of piperidine rings is 1. The van der Waals surface area contributed by atoms with Crippen LogP contribution in [-0.4, -0.2) is 117 Å². The number of ether oxygens (including phenoxy) is 1. The Hall–Kier alpha value is -4.26. The van der Waals surface area contributed by atoms with Gasteiger partial charge in [-0.2, -0.15) is 5.10 Å². The van der Waals surface area contributed by atoms with E-state index >= 15 is 0 Å². The highest BCUT2D eigenvalue weighted by atomic mass is 16.5. The van der Waals surface area contributed by atoms with E-state index in [1.165, 1.54) is 6.42 Å². The summed E-state index contributed by atoms with van der Waals surface area (Å²) in [4.78, 5) is 73.0. The summed E-state index contributed by atoms with van der Waals surface area (Å²) >= 11 is 0. The number of amides is 4. The zero-order valence-electron chi connectivity index (χ0n) is 32.0. The van der Waals surface area contributed by atoms with Crippen molar-refractivity contribution in [1.82, 2.24) is 29.8 Å². The molecule has 13 nitrogen and oxygen atoms in total. The van der Waals surface area contributed by atoms with Gasteiger partial charge in [0, 0.05) is 63.4 Å². The molecule has 292 valence electrons. The van der Waals surface area contributed by atoms with E-state index in [9.17, 15) is 29.1 Å². The Kier molecular flexibility index (Phi) is 10.9. The lowest BCUT2D eigenvalue weighted by molar-refractivity contribution is -0.153. The molecule has 5 aliphatic rings. The third-order valence-electron chi connectivity index (χ3n) is 13.0. The first-order valence-corrected chi connectivity index (χ1v) is 19.9. The second-order valence-electron chi connectivity index (χ2n) is 17.4.